The lowest BCUT2D eigenvalue weighted by atomic mass is 10.3. The van der Waals surface area contributed by atoms with Crippen molar-refractivity contribution in [1.82, 2.24) is 9.78 Å². The summed E-state index contributed by atoms with van der Waals surface area (Å²) in [5.74, 6) is -1.40. The average Bonchev–Trinajstić information content (AvgIpc) is 2.85. The van der Waals surface area contributed by atoms with Crippen LogP contribution in [0.4, 0.5) is 14.5 Å². The summed E-state index contributed by atoms with van der Waals surface area (Å²) in [6.07, 6.45) is 1.42. The summed E-state index contributed by atoms with van der Waals surface area (Å²) in [6, 6.07) is 10.3. The third-order valence-electron chi connectivity index (χ3n) is 3.44. The van der Waals surface area contributed by atoms with Gasteiger partial charge in [0.1, 0.15) is 11.0 Å². The van der Waals surface area contributed by atoms with Crippen molar-refractivity contribution in [2.45, 2.75) is 6.92 Å². The third kappa shape index (κ3) is 3.65. The first kappa shape index (κ1) is 17.4. The zero-order valence-corrected chi connectivity index (χ0v) is 14.5. The topological polar surface area (TPSA) is 42.2 Å². The highest BCUT2D eigenvalue weighted by Crippen LogP contribution is 2.26. The molecule has 1 N–H and O–H groups in total. The van der Waals surface area contributed by atoms with Crippen LogP contribution in [0.2, 0.25) is 10.2 Å². The molecule has 1 heterocycles. The van der Waals surface area contributed by atoms with Gasteiger partial charge in [-0.25, -0.2) is 13.5 Å². The maximum atomic E-state index is 13.6. The van der Waals surface area contributed by atoms with Gasteiger partial charge in [-0.1, -0.05) is 35.3 Å². The molecule has 0 radical (unpaired) electrons. The Labute approximate surface area is 152 Å². The van der Waals surface area contributed by atoms with Crippen molar-refractivity contribution in [2.75, 3.05) is 5.43 Å². The number of nitrogens with zero attached hydrogens (tertiary/aromatic N) is 3. The number of hydrogen-bond acceptors (Lipinski definition) is 3. The molecule has 3 rings (SSSR count). The fourth-order valence-corrected chi connectivity index (χ4v) is 2.72. The van der Waals surface area contributed by atoms with E-state index in [-0.39, 0.29) is 5.69 Å². The largest absolute Gasteiger partial charge is 0.276 e. The highest BCUT2D eigenvalue weighted by Gasteiger charge is 2.15. The van der Waals surface area contributed by atoms with Crippen LogP contribution < -0.4 is 5.43 Å². The Balaban J connectivity index is 1.87. The molecule has 0 fully saturated rings. The van der Waals surface area contributed by atoms with Gasteiger partial charge in [0.2, 0.25) is 0 Å². The molecule has 8 heteroatoms. The number of aryl methyl sites for hydroxylation is 1. The molecular weight excluding hydrogens is 369 g/mol. The predicted molar refractivity (Wildman–Crippen MR) is 95.9 cm³/mol. The Bertz CT molecular complexity index is 954. The second kappa shape index (κ2) is 7.21. The van der Waals surface area contributed by atoms with E-state index < -0.39 is 11.6 Å². The molecule has 0 spiro atoms. The molecule has 0 bridgehead atoms. The van der Waals surface area contributed by atoms with E-state index in [1.165, 1.54) is 17.0 Å². The number of nitrogens with one attached hydrogen (secondary N) is 1. The van der Waals surface area contributed by atoms with Crippen molar-refractivity contribution in [2.24, 2.45) is 5.10 Å². The van der Waals surface area contributed by atoms with E-state index in [0.717, 1.165) is 12.1 Å². The predicted octanol–water partition coefficient (Wildman–Crippen LogP) is 5.21. The molecule has 0 aliphatic rings. The first-order chi connectivity index (χ1) is 12.0. The van der Waals surface area contributed by atoms with Gasteiger partial charge >= 0.3 is 0 Å². The van der Waals surface area contributed by atoms with Gasteiger partial charge in [0.05, 0.1) is 33.9 Å². The van der Waals surface area contributed by atoms with Crippen molar-refractivity contribution in [3.05, 3.63) is 75.5 Å². The van der Waals surface area contributed by atoms with Crippen LogP contribution in [-0.2, 0) is 0 Å². The van der Waals surface area contributed by atoms with Crippen LogP contribution in [0, 0.1) is 18.6 Å². The molecule has 1 aromatic heterocycles. The van der Waals surface area contributed by atoms with Gasteiger partial charge in [0.25, 0.3) is 0 Å². The first-order valence-electron chi connectivity index (χ1n) is 7.21. The molecule has 25 heavy (non-hydrogen) atoms. The quantitative estimate of drug-likeness (QED) is 0.498. The molecule has 128 valence electrons. The van der Waals surface area contributed by atoms with Gasteiger partial charge < -0.3 is 0 Å². The molecule has 0 aliphatic carbocycles. The summed E-state index contributed by atoms with van der Waals surface area (Å²) in [6.45, 7) is 1.76. The summed E-state index contributed by atoms with van der Waals surface area (Å²) < 4.78 is 28.0. The molecule has 0 atom stereocenters. The second-order valence-electron chi connectivity index (χ2n) is 5.15. The van der Waals surface area contributed by atoms with Crippen LogP contribution in [0.1, 0.15) is 11.3 Å². The lowest BCUT2D eigenvalue weighted by Crippen LogP contribution is -1.98. The van der Waals surface area contributed by atoms with Crippen molar-refractivity contribution >= 4 is 35.1 Å². The smallest absolute Gasteiger partial charge is 0.151 e. The average molecular weight is 381 g/mol. The van der Waals surface area contributed by atoms with E-state index in [1.807, 2.05) is 6.07 Å². The van der Waals surface area contributed by atoms with Crippen LogP contribution >= 0.6 is 23.2 Å². The highest BCUT2D eigenvalue weighted by molar-refractivity contribution is 6.34. The normalized spacial score (nSPS) is 11.2. The van der Waals surface area contributed by atoms with Gasteiger partial charge in [-0.15, -0.1) is 0 Å². The van der Waals surface area contributed by atoms with E-state index >= 15 is 0 Å². The Hall–Kier alpha value is -2.44. The van der Waals surface area contributed by atoms with Gasteiger partial charge in [-0.2, -0.15) is 10.2 Å². The van der Waals surface area contributed by atoms with Crippen molar-refractivity contribution in [3.8, 4) is 5.69 Å². The number of para-hydroxylation sites is 1. The number of rotatable bonds is 4. The summed E-state index contributed by atoms with van der Waals surface area (Å²) in [4.78, 5) is 0. The molecule has 0 aliphatic heterocycles. The van der Waals surface area contributed by atoms with E-state index in [9.17, 15) is 8.78 Å². The number of anilines is 1. The summed E-state index contributed by atoms with van der Waals surface area (Å²) in [5.41, 5.74) is 4.36. The van der Waals surface area contributed by atoms with Gasteiger partial charge in [-0.3, -0.25) is 5.43 Å². The Morgan fingerprint density at radius 1 is 1.16 bits per heavy atom. The van der Waals surface area contributed by atoms with Crippen molar-refractivity contribution < 1.29 is 8.78 Å². The summed E-state index contributed by atoms with van der Waals surface area (Å²) in [7, 11) is 0. The second-order valence-corrected chi connectivity index (χ2v) is 5.91. The Morgan fingerprint density at radius 3 is 2.64 bits per heavy atom. The highest BCUT2D eigenvalue weighted by atomic mass is 35.5. The minimum atomic E-state index is -0.744. The van der Waals surface area contributed by atoms with E-state index in [2.05, 4.69) is 15.6 Å². The number of halogens is 4. The van der Waals surface area contributed by atoms with E-state index in [4.69, 9.17) is 23.2 Å². The fraction of sp³-hybridized carbons (Fsp3) is 0.0588. The zero-order valence-electron chi connectivity index (χ0n) is 13.0. The first-order valence-corrected chi connectivity index (χ1v) is 7.97. The fourth-order valence-electron chi connectivity index (χ4n) is 2.19. The minimum Gasteiger partial charge on any atom is -0.276 e. The molecule has 0 amide bonds. The van der Waals surface area contributed by atoms with Crippen LogP contribution in [0.3, 0.4) is 0 Å². The van der Waals surface area contributed by atoms with Crippen LogP contribution in [-0.4, -0.2) is 16.0 Å². The molecule has 0 saturated carbocycles. The van der Waals surface area contributed by atoms with Gasteiger partial charge in [0.15, 0.2) is 5.82 Å². The SMILES string of the molecule is Cc1nn(-c2ccccc2Cl)c(Cl)c1/C=N\Nc1ccc(F)cc1F. The number of hydrogen-bond donors (Lipinski definition) is 1. The maximum Gasteiger partial charge on any atom is 0.151 e. The van der Waals surface area contributed by atoms with Gasteiger partial charge in [-0.05, 0) is 31.2 Å². The number of benzene rings is 2. The summed E-state index contributed by atoms with van der Waals surface area (Å²) >= 11 is 12.5. The molecule has 3 aromatic rings. The molecule has 0 unspecified atom stereocenters. The van der Waals surface area contributed by atoms with Crippen molar-refractivity contribution in [1.29, 1.82) is 0 Å². The standard InChI is InChI=1S/C17H12Cl2F2N4/c1-10-12(9-22-23-15-7-6-11(20)8-14(15)21)17(19)25(24-10)16-5-3-2-4-13(16)18/h2-9,23H,1H3/b22-9-. The Morgan fingerprint density at radius 2 is 1.92 bits per heavy atom. The lowest BCUT2D eigenvalue weighted by Gasteiger charge is -2.05. The Kier molecular flexibility index (Phi) is 5.01. The molecule has 2 aromatic carbocycles. The zero-order chi connectivity index (χ0) is 18.0. The number of hydrazone groups is 1. The maximum absolute atomic E-state index is 13.6. The van der Waals surface area contributed by atoms with E-state index in [0.29, 0.717) is 27.1 Å². The minimum absolute atomic E-state index is 0.0462. The molecular formula is C17H12Cl2F2N4. The monoisotopic (exact) mass is 380 g/mol. The molecule has 4 nitrogen and oxygen atoms in total. The van der Waals surface area contributed by atoms with Crippen LogP contribution in [0.25, 0.3) is 5.69 Å². The van der Waals surface area contributed by atoms with Crippen LogP contribution in [0.15, 0.2) is 47.6 Å². The van der Waals surface area contributed by atoms with Gasteiger partial charge in [0, 0.05) is 6.07 Å². The number of aromatic nitrogens is 2. The van der Waals surface area contributed by atoms with Crippen molar-refractivity contribution in [3.63, 3.8) is 0 Å². The third-order valence-corrected chi connectivity index (χ3v) is 4.12. The van der Waals surface area contributed by atoms with E-state index in [1.54, 1.807) is 25.1 Å². The molecule has 0 saturated heterocycles. The lowest BCUT2D eigenvalue weighted by molar-refractivity contribution is 0.585. The van der Waals surface area contributed by atoms with Crippen LogP contribution in [0.5, 0.6) is 0 Å². The summed E-state index contributed by atoms with van der Waals surface area (Å²) in [5, 5.41) is 9.12.